The fraction of sp³-hybridized carbons (Fsp3) is 0.105. The number of rotatable bonds is 3. The molecular formula is C19H17BCl2N2. The second kappa shape index (κ2) is 9.36. The number of H-pyrrole nitrogens is 1. The van der Waals surface area contributed by atoms with Crippen molar-refractivity contribution in [3.8, 4) is 0 Å². The summed E-state index contributed by atoms with van der Waals surface area (Å²) in [6.45, 7) is 2.09. The Bertz CT molecular complexity index is 751. The fourth-order valence-corrected chi connectivity index (χ4v) is 2.64. The number of aromatic nitrogens is 2. The third-order valence-corrected chi connectivity index (χ3v) is 4.09. The maximum Gasteiger partial charge on any atom is 0.103 e. The van der Waals surface area contributed by atoms with Crippen molar-refractivity contribution in [2.45, 2.75) is 13.3 Å². The quantitative estimate of drug-likeness (QED) is 0.616. The summed E-state index contributed by atoms with van der Waals surface area (Å²) in [5.41, 5.74) is 3.79. The zero-order chi connectivity index (χ0) is 17.4. The molecule has 0 aliphatic rings. The molecule has 3 aromatic rings. The molecule has 0 aliphatic heterocycles. The van der Waals surface area contributed by atoms with Crippen LogP contribution in [0.4, 0.5) is 0 Å². The smallest absolute Gasteiger partial charge is 0.103 e. The summed E-state index contributed by atoms with van der Waals surface area (Å²) in [6.07, 6.45) is 4.57. The van der Waals surface area contributed by atoms with Gasteiger partial charge in [0.15, 0.2) is 0 Å². The molecule has 1 N–H and O–H groups in total. The minimum absolute atomic E-state index is 0.657. The first-order chi connectivity index (χ1) is 11.7. The van der Waals surface area contributed by atoms with E-state index in [0.717, 1.165) is 23.1 Å². The van der Waals surface area contributed by atoms with E-state index in [1.165, 1.54) is 11.7 Å². The summed E-state index contributed by atoms with van der Waals surface area (Å²) in [6, 6.07) is 15.1. The lowest BCUT2D eigenvalue weighted by molar-refractivity contribution is 1.06. The van der Waals surface area contributed by atoms with Gasteiger partial charge in [-0.15, -0.1) is 5.98 Å². The van der Waals surface area contributed by atoms with Gasteiger partial charge in [0.1, 0.15) is 7.85 Å². The first-order valence-electron chi connectivity index (χ1n) is 7.56. The van der Waals surface area contributed by atoms with Gasteiger partial charge in [-0.3, -0.25) is 0 Å². The molecule has 2 radical (unpaired) electrons. The third kappa shape index (κ3) is 4.76. The Morgan fingerprint density at radius 2 is 1.58 bits per heavy atom. The van der Waals surface area contributed by atoms with E-state index < -0.39 is 0 Å². The number of aromatic amines is 1. The molecule has 0 amide bonds. The summed E-state index contributed by atoms with van der Waals surface area (Å²) in [5.74, 6) is 1.53. The minimum Gasteiger partial charge on any atom is -0.349 e. The van der Waals surface area contributed by atoms with Crippen LogP contribution in [0.25, 0.3) is 5.57 Å². The molecule has 5 heteroatoms. The standard InChI is InChI=1S/C14H9BCl2.C5H8N2/c15-9-12(10-5-1-3-7-13(10)16)11-6-2-4-8-14(11)17;1-2-5-3-6-4-7-5/h1-9H;3-4H,2H2,1H3,(H,6,7). The van der Waals surface area contributed by atoms with E-state index >= 15 is 0 Å². The molecule has 2 aromatic carbocycles. The first kappa shape index (κ1) is 18.4. The first-order valence-corrected chi connectivity index (χ1v) is 8.32. The molecule has 0 saturated heterocycles. The zero-order valence-electron chi connectivity index (χ0n) is 13.3. The van der Waals surface area contributed by atoms with Gasteiger partial charge in [-0.05, 0) is 35.3 Å². The Hall–Kier alpha value is -1.97. The van der Waals surface area contributed by atoms with Crippen molar-refractivity contribution < 1.29 is 0 Å². The Morgan fingerprint density at radius 3 is 1.92 bits per heavy atom. The van der Waals surface area contributed by atoms with Crippen LogP contribution in [-0.4, -0.2) is 17.8 Å². The zero-order valence-corrected chi connectivity index (χ0v) is 14.9. The molecule has 0 atom stereocenters. The van der Waals surface area contributed by atoms with Crippen LogP contribution in [-0.2, 0) is 6.42 Å². The highest BCUT2D eigenvalue weighted by molar-refractivity contribution is 6.35. The Labute approximate surface area is 154 Å². The number of nitrogens with one attached hydrogen (secondary N) is 1. The normalized spacial score (nSPS) is 9.79. The molecule has 2 nitrogen and oxygen atoms in total. The van der Waals surface area contributed by atoms with Crippen LogP contribution in [0.15, 0.2) is 67.0 Å². The molecule has 1 heterocycles. The van der Waals surface area contributed by atoms with Gasteiger partial charge in [0.2, 0.25) is 0 Å². The Kier molecular flexibility index (Phi) is 7.17. The highest BCUT2D eigenvalue weighted by Gasteiger charge is 2.09. The molecule has 120 valence electrons. The molecule has 0 saturated carbocycles. The van der Waals surface area contributed by atoms with Gasteiger partial charge in [-0.25, -0.2) is 4.98 Å². The monoisotopic (exact) mass is 354 g/mol. The van der Waals surface area contributed by atoms with Gasteiger partial charge in [-0.2, -0.15) is 0 Å². The Morgan fingerprint density at radius 1 is 1.04 bits per heavy atom. The predicted molar refractivity (Wildman–Crippen MR) is 104 cm³/mol. The van der Waals surface area contributed by atoms with Crippen molar-refractivity contribution in [1.82, 2.24) is 9.97 Å². The predicted octanol–water partition coefficient (Wildman–Crippen LogP) is 5.52. The van der Waals surface area contributed by atoms with Gasteiger partial charge in [-0.1, -0.05) is 66.5 Å². The van der Waals surface area contributed by atoms with Crippen molar-refractivity contribution in [2.24, 2.45) is 0 Å². The molecule has 0 aliphatic carbocycles. The second-order valence-electron chi connectivity index (χ2n) is 4.97. The minimum atomic E-state index is 0.657. The van der Waals surface area contributed by atoms with Crippen LogP contribution in [0.5, 0.6) is 0 Å². The topological polar surface area (TPSA) is 28.7 Å². The van der Waals surface area contributed by atoms with Gasteiger partial charge < -0.3 is 4.98 Å². The molecule has 0 fully saturated rings. The lowest BCUT2D eigenvalue weighted by Gasteiger charge is -2.11. The van der Waals surface area contributed by atoms with E-state index in [1.54, 1.807) is 6.33 Å². The van der Waals surface area contributed by atoms with Crippen molar-refractivity contribution >= 4 is 36.6 Å². The van der Waals surface area contributed by atoms with Crippen molar-refractivity contribution in [3.05, 3.63) is 93.9 Å². The third-order valence-electron chi connectivity index (χ3n) is 3.43. The second-order valence-corrected chi connectivity index (χ2v) is 5.78. The van der Waals surface area contributed by atoms with Gasteiger partial charge >= 0.3 is 0 Å². The van der Waals surface area contributed by atoms with Gasteiger partial charge in [0, 0.05) is 21.9 Å². The summed E-state index contributed by atoms with van der Waals surface area (Å²) >= 11 is 12.3. The number of halogens is 2. The van der Waals surface area contributed by atoms with Crippen LogP contribution >= 0.6 is 23.2 Å². The summed E-state index contributed by atoms with van der Waals surface area (Å²) in [4.78, 5) is 6.81. The highest BCUT2D eigenvalue weighted by atomic mass is 35.5. The van der Waals surface area contributed by atoms with Crippen LogP contribution in [0.2, 0.25) is 10.0 Å². The molecule has 0 bridgehead atoms. The van der Waals surface area contributed by atoms with E-state index in [0.29, 0.717) is 10.0 Å². The van der Waals surface area contributed by atoms with Crippen molar-refractivity contribution in [1.29, 1.82) is 0 Å². The van der Waals surface area contributed by atoms with E-state index in [2.05, 4.69) is 16.9 Å². The van der Waals surface area contributed by atoms with Crippen molar-refractivity contribution in [2.75, 3.05) is 0 Å². The summed E-state index contributed by atoms with van der Waals surface area (Å²) in [7, 11) is 5.70. The molecule has 0 spiro atoms. The van der Waals surface area contributed by atoms with E-state index in [1.807, 2.05) is 54.7 Å². The van der Waals surface area contributed by atoms with Crippen LogP contribution in [0.3, 0.4) is 0 Å². The largest absolute Gasteiger partial charge is 0.349 e. The Balaban J connectivity index is 0.000000249. The van der Waals surface area contributed by atoms with Gasteiger partial charge in [0.05, 0.1) is 6.33 Å². The average molecular weight is 355 g/mol. The number of hydrogen-bond acceptors (Lipinski definition) is 1. The van der Waals surface area contributed by atoms with E-state index in [-0.39, 0.29) is 0 Å². The summed E-state index contributed by atoms with van der Waals surface area (Å²) in [5, 5.41) is 1.31. The molecule has 0 unspecified atom stereocenters. The lowest BCUT2D eigenvalue weighted by Crippen LogP contribution is -1.90. The maximum absolute atomic E-state index is 6.16. The molecule has 1 aromatic heterocycles. The molecule has 3 rings (SSSR count). The maximum atomic E-state index is 6.16. The molecular weight excluding hydrogens is 338 g/mol. The SMILES string of the molecule is CCc1cnc[nH]1.[B]C=C(c1ccccc1Cl)c1ccccc1Cl. The molecule has 24 heavy (non-hydrogen) atoms. The number of imidazole rings is 1. The van der Waals surface area contributed by atoms with E-state index in [4.69, 9.17) is 31.0 Å². The van der Waals surface area contributed by atoms with Crippen LogP contribution in [0.1, 0.15) is 23.7 Å². The highest BCUT2D eigenvalue weighted by Crippen LogP contribution is 2.32. The fourth-order valence-electron chi connectivity index (χ4n) is 2.16. The lowest BCUT2D eigenvalue weighted by atomic mass is 9.92. The average Bonchev–Trinajstić information content (AvgIpc) is 3.13. The number of nitrogens with zero attached hydrogens (tertiary/aromatic N) is 1. The number of aryl methyl sites for hydroxylation is 1. The van der Waals surface area contributed by atoms with Crippen LogP contribution < -0.4 is 0 Å². The number of benzene rings is 2. The van der Waals surface area contributed by atoms with Crippen molar-refractivity contribution in [3.63, 3.8) is 0 Å². The number of hydrogen-bond donors (Lipinski definition) is 1. The van der Waals surface area contributed by atoms with Crippen LogP contribution in [0, 0.1) is 0 Å². The van der Waals surface area contributed by atoms with E-state index in [9.17, 15) is 0 Å². The van der Waals surface area contributed by atoms with Gasteiger partial charge in [0.25, 0.3) is 0 Å². The summed E-state index contributed by atoms with van der Waals surface area (Å²) < 4.78 is 0.